The van der Waals surface area contributed by atoms with Gasteiger partial charge in [-0.2, -0.15) is 4.68 Å². The Kier molecular flexibility index (Phi) is 3.91. The van der Waals surface area contributed by atoms with Crippen molar-refractivity contribution in [3.8, 4) is 17.6 Å². The first-order valence-electron chi connectivity index (χ1n) is 6.68. The van der Waals surface area contributed by atoms with Gasteiger partial charge in [-0.1, -0.05) is 35.4 Å². The molecule has 1 aromatic heterocycles. The summed E-state index contributed by atoms with van der Waals surface area (Å²) in [7, 11) is 1.39. The predicted molar refractivity (Wildman–Crippen MR) is 79.4 cm³/mol. The number of hydrogen-bond acceptors (Lipinski definition) is 5. The van der Waals surface area contributed by atoms with Crippen LogP contribution in [0.5, 0.6) is 17.6 Å². The molecule has 0 N–H and O–H groups in total. The Balaban J connectivity index is 1.71. The minimum absolute atomic E-state index is 0.0472. The summed E-state index contributed by atoms with van der Waals surface area (Å²) < 4.78 is 16.5. The van der Waals surface area contributed by atoms with E-state index in [1.54, 1.807) is 0 Å². The SMILES string of the molecule is COc1nn(Cc2ccc(Oc3ccccc3)cc2)c(=O)o1. The van der Waals surface area contributed by atoms with Crippen LogP contribution in [-0.4, -0.2) is 16.9 Å². The second-order valence-electron chi connectivity index (χ2n) is 4.55. The van der Waals surface area contributed by atoms with E-state index in [1.807, 2.05) is 54.6 Å². The van der Waals surface area contributed by atoms with E-state index in [1.165, 1.54) is 11.8 Å². The van der Waals surface area contributed by atoms with Crippen molar-refractivity contribution >= 4 is 0 Å². The number of aromatic nitrogens is 2. The van der Waals surface area contributed by atoms with Crippen LogP contribution in [0.4, 0.5) is 0 Å². The quantitative estimate of drug-likeness (QED) is 0.724. The lowest BCUT2D eigenvalue weighted by molar-refractivity contribution is 0.282. The Morgan fingerprint density at radius 2 is 1.73 bits per heavy atom. The third kappa shape index (κ3) is 3.17. The van der Waals surface area contributed by atoms with Gasteiger partial charge in [0.15, 0.2) is 0 Å². The summed E-state index contributed by atoms with van der Waals surface area (Å²) in [6.07, 6.45) is -0.0472. The van der Waals surface area contributed by atoms with Gasteiger partial charge in [0.05, 0.1) is 13.7 Å². The largest absolute Gasteiger partial charge is 0.457 e. The zero-order chi connectivity index (χ0) is 15.4. The van der Waals surface area contributed by atoms with Crippen LogP contribution in [0, 0.1) is 0 Å². The van der Waals surface area contributed by atoms with Gasteiger partial charge in [-0.15, -0.1) is 0 Å². The van der Waals surface area contributed by atoms with Crippen LogP contribution in [0.2, 0.25) is 0 Å². The molecule has 0 saturated heterocycles. The van der Waals surface area contributed by atoms with Crippen LogP contribution in [0.15, 0.2) is 63.8 Å². The highest BCUT2D eigenvalue weighted by Gasteiger charge is 2.08. The molecule has 0 unspecified atom stereocenters. The van der Waals surface area contributed by atoms with E-state index in [2.05, 4.69) is 5.10 Å². The van der Waals surface area contributed by atoms with Gasteiger partial charge in [0.1, 0.15) is 11.5 Å². The van der Waals surface area contributed by atoms with E-state index in [0.29, 0.717) is 6.54 Å². The van der Waals surface area contributed by atoms with Crippen LogP contribution in [0.25, 0.3) is 0 Å². The smallest absolute Gasteiger partial charge is 0.439 e. The molecule has 0 spiro atoms. The number of rotatable bonds is 5. The first-order valence-corrected chi connectivity index (χ1v) is 6.68. The van der Waals surface area contributed by atoms with Crippen molar-refractivity contribution in [1.82, 2.24) is 9.78 Å². The molecule has 0 atom stereocenters. The van der Waals surface area contributed by atoms with Crippen LogP contribution in [0.1, 0.15) is 5.56 Å². The van der Waals surface area contributed by atoms with E-state index in [0.717, 1.165) is 17.1 Å². The molecule has 112 valence electrons. The second kappa shape index (κ2) is 6.17. The number of methoxy groups -OCH3 is 1. The minimum atomic E-state index is -0.554. The van der Waals surface area contributed by atoms with E-state index < -0.39 is 5.76 Å². The molecule has 0 bridgehead atoms. The fourth-order valence-corrected chi connectivity index (χ4v) is 1.93. The lowest BCUT2D eigenvalue weighted by Crippen LogP contribution is -2.16. The molecular weight excluding hydrogens is 284 g/mol. The average Bonchev–Trinajstić information content (AvgIpc) is 2.90. The topological polar surface area (TPSA) is 66.5 Å². The van der Waals surface area contributed by atoms with Crippen LogP contribution in [0.3, 0.4) is 0 Å². The molecule has 3 rings (SSSR count). The highest BCUT2D eigenvalue weighted by atomic mass is 16.6. The van der Waals surface area contributed by atoms with Crippen molar-refractivity contribution in [2.45, 2.75) is 6.54 Å². The molecule has 0 fully saturated rings. The summed E-state index contributed by atoms with van der Waals surface area (Å²) in [5.74, 6) is 0.939. The van der Waals surface area contributed by atoms with Crippen LogP contribution < -0.4 is 15.2 Å². The van der Waals surface area contributed by atoms with Gasteiger partial charge in [0, 0.05) is 0 Å². The number of para-hydroxylation sites is 1. The summed E-state index contributed by atoms with van der Waals surface area (Å²) in [4.78, 5) is 11.5. The monoisotopic (exact) mass is 298 g/mol. The Bertz CT molecular complexity index is 791. The lowest BCUT2D eigenvalue weighted by Gasteiger charge is -2.06. The van der Waals surface area contributed by atoms with Crippen molar-refractivity contribution in [1.29, 1.82) is 0 Å². The predicted octanol–water partition coefficient (Wildman–Crippen LogP) is 2.69. The Morgan fingerprint density at radius 3 is 2.36 bits per heavy atom. The van der Waals surface area contributed by atoms with Gasteiger partial charge in [-0.05, 0) is 29.8 Å². The second-order valence-corrected chi connectivity index (χ2v) is 4.55. The summed E-state index contributed by atoms with van der Waals surface area (Å²) in [5.41, 5.74) is 0.901. The fraction of sp³-hybridized carbons (Fsp3) is 0.125. The maximum atomic E-state index is 11.5. The summed E-state index contributed by atoms with van der Waals surface area (Å²) >= 11 is 0. The van der Waals surface area contributed by atoms with Crippen LogP contribution in [-0.2, 0) is 6.54 Å². The van der Waals surface area contributed by atoms with Crippen molar-refractivity contribution in [3.05, 3.63) is 70.7 Å². The first kappa shape index (κ1) is 13.9. The molecule has 3 aromatic rings. The van der Waals surface area contributed by atoms with Crippen LogP contribution >= 0.6 is 0 Å². The molecule has 0 aliphatic heterocycles. The molecule has 2 aromatic carbocycles. The average molecular weight is 298 g/mol. The van der Waals surface area contributed by atoms with E-state index >= 15 is 0 Å². The Hall–Kier alpha value is -3.02. The number of nitrogens with zero attached hydrogens (tertiary/aromatic N) is 2. The zero-order valence-corrected chi connectivity index (χ0v) is 11.9. The molecule has 0 aliphatic carbocycles. The molecule has 0 aliphatic rings. The fourth-order valence-electron chi connectivity index (χ4n) is 1.93. The van der Waals surface area contributed by atoms with Gasteiger partial charge in [-0.3, -0.25) is 0 Å². The maximum Gasteiger partial charge on any atom is 0.439 e. The van der Waals surface area contributed by atoms with Gasteiger partial charge in [0.2, 0.25) is 0 Å². The van der Waals surface area contributed by atoms with Gasteiger partial charge < -0.3 is 13.9 Å². The van der Waals surface area contributed by atoms with Gasteiger partial charge >= 0.3 is 11.8 Å². The first-order chi connectivity index (χ1) is 10.7. The number of benzene rings is 2. The molecule has 0 amide bonds. The molecular formula is C16H14N2O4. The van der Waals surface area contributed by atoms with Crippen molar-refractivity contribution in [2.24, 2.45) is 0 Å². The minimum Gasteiger partial charge on any atom is -0.457 e. The molecule has 0 radical (unpaired) electrons. The number of ether oxygens (including phenoxy) is 2. The standard InChI is InChI=1S/C16H14N2O4/c1-20-15-17-18(16(19)22-15)11-12-7-9-14(10-8-12)21-13-5-3-2-4-6-13/h2-10H,11H2,1H3. The summed E-state index contributed by atoms with van der Waals surface area (Å²) in [5, 5.41) is 3.90. The van der Waals surface area contributed by atoms with E-state index in [-0.39, 0.29) is 6.08 Å². The highest BCUT2D eigenvalue weighted by molar-refractivity contribution is 5.32. The Labute approximate surface area is 126 Å². The third-order valence-corrected chi connectivity index (χ3v) is 3.00. The van der Waals surface area contributed by atoms with Gasteiger partial charge in [0.25, 0.3) is 0 Å². The molecule has 6 nitrogen and oxygen atoms in total. The Morgan fingerprint density at radius 1 is 1.05 bits per heavy atom. The normalized spacial score (nSPS) is 10.4. The van der Waals surface area contributed by atoms with Gasteiger partial charge in [-0.25, -0.2) is 4.79 Å². The van der Waals surface area contributed by atoms with E-state index in [9.17, 15) is 4.79 Å². The summed E-state index contributed by atoms with van der Waals surface area (Å²) in [6, 6.07) is 16.9. The maximum absolute atomic E-state index is 11.5. The molecule has 6 heteroatoms. The molecule has 1 heterocycles. The zero-order valence-electron chi connectivity index (χ0n) is 11.9. The molecule has 0 saturated carbocycles. The lowest BCUT2D eigenvalue weighted by atomic mass is 10.2. The summed E-state index contributed by atoms with van der Waals surface area (Å²) in [6.45, 7) is 0.303. The molecule has 22 heavy (non-hydrogen) atoms. The third-order valence-electron chi connectivity index (χ3n) is 3.00. The highest BCUT2D eigenvalue weighted by Crippen LogP contribution is 2.21. The van der Waals surface area contributed by atoms with E-state index in [4.69, 9.17) is 13.9 Å². The van der Waals surface area contributed by atoms with Crippen molar-refractivity contribution in [2.75, 3.05) is 7.11 Å². The van der Waals surface area contributed by atoms with Crippen molar-refractivity contribution < 1.29 is 13.9 Å². The van der Waals surface area contributed by atoms with Crippen molar-refractivity contribution in [3.63, 3.8) is 0 Å². The number of hydrogen-bond donors (Lipinski definition) is 0.